The summed E-state index contributed by atoms with van der Waals surface area (Å²) in [4.78, 5) is 15.0. The summed E-state index contributed by atoms with van der Waals surface area (Å²) in [5, 5.41) is 20.2. The molecular formula is C22H28N2O5. The average molecular weight is 400 g/mol. The molecule has 0 aliphatic carbocycles. The monoisotopic (exact) mass is 400 g/mol. The molecule has 0 bridgehead atoms. The number of ether oxygens (including phenoxy) is 3. The van der Waals surface area contributed by atoms with Gasteiger partial charge in [0.25, 0.3) is 0 Å². The fourth-order valence-electron chi connectivity index (χ4n) is 4.20. The first kappa shape index (κ1) is 21.2. The Morgan fingerprint density at radius 2 is 2.28 bits per heavy atom. The molecule has 1 aliphatic heterocycles. The van der Waals surface area contributed by atoms with Crippen LogP contribution in [0, 0.1) is 18.3 Å². The number of methoxy groups -OCH3 is 1. The Hall–Kier alpha value is -2.56. The zero-order valence-corrected chi connectivity index (χ0v) is 17.4. The number of benzene rings is 1. The lowest BCUT2D eigenvalue weighted by Gasteiger charge is -2.36. The smallest absolute Gasteiger partial charge is 0.306 e. The summed E-state index contributed by atoms with van der Waals surface area (Å²) in [5.74, 6) is -0.281. The van der Waals surface area contributed by atoms with E-state index in [1.807, 2.05) is 20.8 Å². The van der Waals surface area contributed by atoms with Crippen molar-refractivity contribution in [2.75, 3.05) is 20.3 Å². The number of rotatable bonds is 8. The van der Waals surface area contributed by atoms with E-state index in [-0.39, 0.29) is 12.5 Å². The second-order valence-corrected chi connectivity index (χ2v) is 7.66. The fraction of sp³-hybridized carbons (Fsp3) is 0.545. The number of aromatic amines is 1. The third-order valence-electron chi connectivity index (χ3n) is 5.67. The van der Waals surface area contributed by atoms with Crippen molar-refractivity contribution in [3.05, 3.63) is 28.5 Å². The number of carbonyl (C=O) groups is 1. The lowest BCUT2D eigenvalue weighted by molar-refractivity contribution is -0.149. The summed E-state index contributed by atoms with van der Waals surface area (Å²) in [7, 11) is 1.62. The van der Waals surface area contributed by atoms with E-state index in [1.165, 1.54) is 0 Å². The topological polar surface area (TPSA) is 105 Å². The van der Waals surface area contributed by atoms with Crippen LogP contribution >= 0.6 is 0 Å². The molecule has 156 valence electrons. The van der Waals surface area contributed by atoms with Gasteiger partial charge in [0.2, 0.25) is 0 Å². The van der Waals surface area contributed by atoms with Crippen molar-refractivity contribution >= 4 is 16.9 Å². The van der Waals surface area contributed by atoms with Crippen LogP contribution in [-0.4, -0.2) is 42.5 Å². The number of nitrogens with one attached hydrogen (secondary N) is 1. The Bertz CT molecular complexity index is 958. The Balaban J connectivity index is 2.19. The van der Waals surface area contributed by atoms with Crippen molar-refractivity contribution < 1.29 is 24.1 Å². The number of carboxylic acids is 1. The average Bonchev–Trinajstić information content (AvgIpc) is 3.09. The minimum Gasteiger partial charge on any atom is -0.490 e. The molecule has 2 atom stereocenters. The number of nitriles is 1. The van der Waals surface area contributed by atoms with Gasteiger partial charge >= 0.3 is 5.97 Å². The van der Waals surface area contributed by atoms with Gasteiger partial charge in [-0.1, -0.05) is 13.3 Å². The highest BCUT2D eigenvalue weighted by Gasteiger charge is 2.42. The van der Waals surface area contributed by atoms with Crippen LogP contribution in [0.5, 0.6) is 5.75 Å². The number of aryl methyl sites for hydroxylation is 1. The molecule has 0 radical (unpaired) electrons. The summed E-state index contributed by atoms with van der Waals surface area (Å²) in [6.45, 7) is 6.67. The predicted octanol–water partition coefficient (Wildman–Crippen LogP) is 3.80. The summed E-state index contributed by atoms with van der Waals surface area (Å²) in [6.07, 6.45) is 1.82. The standard InChI is InChI=1S/C22H28N2O5/c1-5-7-22(10-18(25)26)21-16(6-8-29-22)19-15(11-23)9-17(14(3)20(19)24-21)28-12-13(2)27-4/h9,13,24H,5-8,10,12H2,1-4H3,(H,25,26)/t13-,22-/m1/s1. The van der Waals surface area contributed by atoms with Gasteiger partial charge in [0, 0.05) is 18.1 Å². The third-order valence-corrected chi connectivity index (χ3v) is 5.67. The first-order valence-electron chi connectivity index (χ1n) is 9.97. The zero-order valence-electron chi connectivity index (χ0n) is 17.4. The Kier molecular flexibility index (Phi) is 6.15. The van der Waals surface area contributed by atoms with Crippen LogP contribution in [0.1, 0.15) is 55.5 Å². The molecule has 7 nitrogen and oxygen atoms in total. The molecule has 29 heavy (non-hydrogen) atoms. The van der Waals surface area contributed by atoms with Gasteiger partial charge in [0.05, 0.1) is 42.0 Å². The van der Waals surface area contributed by atoms with Crippen LogP contribution < -0.4 is 4.74 Å². The Morgan fingerprint density at radius 3 is 2.90 bits per heavy atom. The first-order chi connectivity index (χ1) is 13.9. The number of fused-ring (bicyclic) bond motifs is 3. The quantitative estimate of drug-likeness (QED) is 0.698. The van der Waals surface area contributed by atoms with Gasteiger partial charge < -0.3 is 24.3 Å². The van der Waals surface area contributed by atoms with E-state index in [0.717, 1.165) is 34.1 Å². The lowest BCUT2D eigenvalue weighted by atomic mass is 9.84. The van der Waals surface area contributed by atoms with Gasteiger partial charge in [0.1, 0.15) is 18.0 Å². The number of nitrogens with zero attached hydrogens (tertiary/aromatic N) is 1. The molecule has 2 heterocycles. The van der Waals surface area contributed by atoms with E-state index in [2.05, 4.69) is 11.1 Å². The second kappa shape index (κ2) is 8.44. The molecule has 0 unspecified atom stereocenters. The van der Waals surface area contributed by atoms with Crippen LogP contribution in [0.15, 0.2) is 6.07 Å². The second-order valence-electron chi connectivity index (χ2n) is 7.66. The summed E-state index contributed by atoms with van der Waals surface area (Å²) in [5.41, 5.74) is 3.08. The highest BCUT2D eigenvalue weighted by atomic mass is 16.5. The molecule has 0 fully saturated rings. The van der Waals surface area contributed by atoms with Crippen molar-refractivity contribution in [2.24, 2.45) is 0 Å². The Morgan fingerprint density at radius 1 is 1.52 bits per heavy atom. The van der Waals surface area contributed by atoms with E-state index >= 15 is 0 Å². The number of H-pyrrole nitrogens is 1. The van der Waals surface area contributed by atoms with Crippen molar-refractivity contribution in [3.63, 3.8) is 0 Å². The van der Waals surface area contributed by atoms with Gasteiger partial charge in [0.15, 0.2) is 0 Å². The van der Waals surface area contributed by atoms with Crippen LogP contribution in [0.25, 0.3) is 10.9 Å². The Labute approximate surface area is 170 Å². The van der Waals surface area contributed by atoms with Gasteiger partial charge in [-0.2, -0.15) is 5.26 Å². The largest absolute Gasteiger partial charge is 0.490 e. The molecule has 3 rings (SSSR count). The number of carboxylic acid groups (broad SMARTS) is 1. The molecule has 7 heteroatoms. The van der Waals surface area contributed by atoms with E-state index in [4.69, 9.17) is 14.2 Å². The van der Waals surface area contributed by atoms with Crippen molar-refractivity contribution in [2.45, 2.75) is 58.2 Å². The van der Waals surface area contributed by atoms with E-state index < -0.39 is 11.6 Å². The van der Waals surface area contributed by atoms with Crippen LogP contribution in [0.4, 0.5) is 0 Å². The lowest BCUT2D eigenvalue weighted by Crippen LogP contribution is -2.37. The van der Waals surface area contributed by atoms with Crippen LogP contribution in [0.3, 0.4) is 0 Å². The summed E-state index contributed by atoms with van der Waals surface area (Å²) in [6, 6.07) is 4.05. The fourth-order valence-corrected chi connectivity index (χ4v) is 4.20. The molecule has 1 aromatic carbocycles. The number of aliphatic carboxylic acids is 1. The zero-order chi connectivity index (χ0) is 21.2. The highest BCUT2D eigenvalue weighted by molar-refractivity contribution is 5.94. The maximum Gasteiger partial charge on any atom is 0.306 e. The molecule has 0 amide bonds. The maximum absolute atomic E-state index is 11.6. The molecular weight excluding hydrogens is 372 g/mol. The van der Waals surface area contributed by atoms with Crippen molar-refractivity contribution in [1.82, 2.24) is 4.98 Å². The first-order valence-corrected chi connectivity index (χ1v) is 9.97. The third kappa shape index (κ3) is 3.83. The number of hydrogen-bond donors (Lipinski definition) is 2. The molecule has 1 aliphatic rings. The van der Waals surface area contributed by atoms with Crippen LogP contribution in [0.2, 0.25) is 0 Å². The van der Waals surface area contributed by atoms with E-state index in [0.29, 0.717) is 37.4 Å². The highest BCUT2D eigenvalue weighted by Crippen LogP contribution is 2.44. The van der Waals surface area contributed by atoms with Gasteiger partial charge in [-0.15, -0.1) is 0 Å². The molecule has 2 aromatic rings. The summed E-state index contributed by atoms with van der Waals surface area (Å²) < 4.78 is 17.2. The van der Waals surface area contributed by atoms with E-state index in [1.54, 1.807) is 13.2 Å². The maximum atomic E-state index is 11.6. The normalized spacial score (nSPS) is 19.6. The number of hydrogen-bond acceptors (Lipinski definition) is 5. The van der Waals surface area contributed by atoms with Crippen molar-refractivity contribution in [1.29, 1.82) is 5.26 Å². The molecule has 0 saturated heterocycles. The minimum absolute atomic E-state index is 0.0753. The minimum atomic E-state index is -0.905. The molecule has 2 N–H and O–H groups in total. The van der Waals surface area contributed by atoms with Crippen molar-refractivity contribution in [3.8, 4) is 11.8 Å². The van der Waals surface area contributed by atoms with Gasteiger partial charge in [-0.25, -0.2) is 0 Å². The SMILES string of the molecule is CCC[C@]1(CC(=O)O)OCCc2c1[nH]c1c(C)c(OC[C@@H](C)OC)cc(C#N)c21. The predicted molar refractivity (Wildman–Crippen MR) is 108 cm³/mol. The molecule has 1 aromatic heterocycles. The van der Waals surface area contributed by atoms with Gasteiger partial charge in [-0.05, 0) is 38.3 Å². The number of aromatic nitrogens is 1. The molecule has 0 spiro atoms. The molecule has 0 saturated carbocycles. The van der Waals surface area contributed by atoms with Crippen LogP contribution in [-0.2, 0) is 26.3 Å². The summed E-state index contributed by atoms with van der Waals surface area (Å²) >= 11 is 0. The van der Waals surface area contributed by atoms with Gasteiger partial charge in [-0.3, -0.25) is 4.79 Å². The van der Waals surface area contributed by atoms with E-state index in [9.17, 15) is 15.2 Å².